The van der Waals surface area contributed by atoms with Crippen LogP contribution in [0.3, 0.4) is 0 Å². The molecular weight excluding hydrogens is 301 g/mol. The molecule has 7 nitrogen and oxygen atoms in total. The number of anilines is 1. The van der Waals surface area contributed by atoms with Crippen molar-refractivity contribution in [1.29, 1.82) is 0 Å². The number of rotatable bonds is 7. The Bertz CT molecular complexity index is 616. The Kier molecular flexibility index (Phi) is 5.65. The first-order chi connectivity index (χ1) is 9.71. The highest BCUT2D eigenvalue weighted by atomic mass is 32.3. The van der Waals surface area contributed by atoms with Crippen LogP contribution in [0.15, 0.2) is 24.3 Å². The molecule has 1 aromatic rings. The first kappa shape index (κ1) is 16.9. The summed E-state index contributed by atoms with van der Waals surface area (Å²) >= 11 is 0. The van der Waals surface area contributed by atoms with Gasteiger partial charge in [-0.15, -0.1) is 0 Å². The molecule has 21 heavy (non-hydrogen) atoms. The minimum absolute atomic E-state index is 0.0504. The largest absolute Gasteiger partial charge is 0.396 e. The van der Waals surface area contributed by atoms with Gasteiger partial charge in [0.1, 0.15) is 6.04 Å². The van der Waals surface area contributed by atoms with Crippen molar-refractivity contribution in [3.8, 4) is 0 Å². The maximum atomic E-state index is 12.4. The fraction of sp³-hybridized carbons (Fsp3) is 0.333. The fourth-order valence-corrected chi connectivity index (χ4v) is 2.02. The Morgan fingerprint density at radius 1 is 1.29 bits per heavy atom. The van der Waals surface area contributed by atoms with E-state index in [4.69, 9.17) is 5.73 Å². The molecule has 1 atom stereocenters. The van der Waals surface area contributed by atoms with Crippen LogP contribution in [-0.2, 0) is 26.4 Å². The van der Waals surface area contributed by atoms with E-state index in [0.717, 1.165) is 0 Å². The number of nitrogens with two attached hydrogens (primary N) is 1. The lowest BCUT2D eigenvalue weighted by Crippen LogP contribution is -2.45. The van der Waals surface area contributed by atoms with Crippen LogP contribution in [0, 0.1) is 0 Å². The summed E-state index contributed by atoms with van der Waals surface area (Å²) in [6.07, 6.45) is 0.380. The molecule has 0 bridgehead atoms. The van der Waals surface area contributed by atoms with Crippen molar-refractivity contribution in [1.82, 2.24) is 5.32 Å². The SMILES string of the molecule is CCC(=O)N[C@@H](Cc1ccc(NS(=O)(=O)F)cc1)C(N)=O. The molecule has 116 valence electrons. The van der Waals surface area contributed by atoms with Crippen LogP contribution < -0.4 is 15.8 Å². The summed E-state index contributed by atoms with van der Waals surface area (Å²) < 4.78 is 34.9. The van der Waals surface area contributed by atoms with E-state index in [0.29, 0.717) is 5.56 Å². The Labute approximate surface area is 122 Å². The Balaban J connectivity index is 2.76. The number of hydrogen-bond donors (Lipinski definition) is 3. The summed E-state index contributed by atoms with van der Waals surface area (Å²) in [7, 11) is -4.83. The number of primary amides is 1. The van der Waals surface area contributed by atoms with Crippen molar-refractivity contribution in [2.45, 2.75) is 25.8 Å². The van der Waals surface area contributed by atoms with Gasteiger partial charge < -0.3 is 11.1 Å². The molecule has 2 amide bonds. The van der Waals surface area contributed by atoms with Crippen molar-refractivity contribution in [2.75, 3.05) is 4.72 Å². The van der Waals surface area contributed by atoms with Gasteiger partial charge in [-0.1, -0.05) is 22.9 Å². The van der Waals surface area contributed by atoms with Crippen molar-refractivity contribution < 1.29 is 21.9 Å². The minimum Gasteiger partial charge on any atom is -0.368 e. The summed E-state index contributed by atoms with van der Waals surface area (Å²) in [6.45, 7) is 1.64. The van der Waals surface area contributed by atoms with Crippen LogP contribution in [-0.4, -0.2) is 26.3 Å². The molecule has 0 heterocycles. The third-order valence-electron chi connectivity index (χ3n) is 2.63. The fourth-order valence-electron chi connectivity index (χ4n) is 1.60. The molecule has 1 rings (SSSR count). The monoisotopic (exact) mass is 317 g/mol. The highest BCUT2D eigenvalue weighted by Crippen LogP contribution is 2.13. The van der Waals surface area contributed by atoms with E-state index < -0.39 is 22.4 Å². The molecule has 0 saturated heterocycles. The molecule has 0 spiro atoms. The van der Waals surface area contributed by atoms with Gasteiger partial charge in [0, 0.05) is 12.8 Å². The normalized spacial score (nSPS) is 12.5. The molecule has 0 aliphatic rings. The number of benzene rings is 1. The van der Waals surface area contributed by atoms with Gasteiger partial charge in [0.25, 0.3) is 0 Å². The molecule has 1 aromatic carbocycles. The van der Waals surface area contributed by atoms with E-state index in [-0.39, 0.29) is 24.4 Å². The van der Waals surface area contributed by atoms with Gasteiger partial charge in [-0.3, -0.25) is 14.3 Å². The first-order valence-electron chi connectivity index (χ1n) is 6.11. The van der Waals surface area contributed by atoms with E-state index in [1.165, 1.54) is 24.3 Å². The first-order valence-corrected chi connectivity index (χ1v) is 7.49. The summed E-state index contributed by atoms with van der Waals surface area (Å²) in [6, 6.07) is 4.82. The van der Waals surface area contributed by atoms with Crippen LogP contribution in [0.1, 0.15) is 18.9 Å². The smallest absolute Gasteiger partial charge is 0.368 e. The van der Waals surface area contributed by atoms with Crippen LogP contribution in [0.25, 0.3) is 0 Å². The summed E-state index contributed by atoms with van der Waals surface area (Å²) in [5, 5.41) is 2.48. The second-order valence-corrected chi connectivity index (χ2v) is 5.40. The van der Waals surface area contributed by atoms with Crippen LogP contribution in [0.5, 0.6) is 0 Å². The molecule has 0 unspecified atom stereocenters. The van der Waals surface area contributed by atoms with E-state index in [1.807, 2.05) is 0 Å². The minimum atomic E-state index is -4.83. The molecule has 0 aromatic heterocycles. The van der Waals surface area contributed by atoms with Crippen molar-refractivity contribution in [2.24, 2.45) is 5.73 Å². The van der Waals surface area contributed by atoms with Crippen molar-refractivity contribution >= 4 is 27.9 Å². The van der Waals surface area contributed by atoms with Gasteiger partial charge in [-0.25, -0.2) is 0 Å². The van der Waals surface area contributed by atoms with E-state index in [2.05, 4.69) is 5.32 Å². The van der Waals surface area contributed by atoms with Crippen LogP contribution in [0.2, 0.25) is 0 Å². The number of amides is 2. The lowest BCUT2D eigenvalue weighted by atomic mass is 10.0. The summed E-state index contributed by atoms with van der Waals surface area (Å²) in [5.74, 6) is -0.981. The average Bonchev–Trinajstić information content (AvgIpc) is 2.38. The third-order valence-corrected chi connectivity index (χ3v) is 3.11. The molecule has 0 saturated carbocycles. The van der Waals surface area contributed by atoms with Gasteiger partial charge in [0.2, 0.25) is 11.8 Å². The number of carbonyl (C=O) groups is 2. The zero-order valence-electron chi connectivity index (χ0n) is 11.3. The molecule has 0 aliphatic heterocycles. The summed E-state index contributed by atoms with van der Waals surface area (Å²) in [4.78, 5) is 22.6. The second kappa shape index (κ2) is 7.02. The molecular formula is C12H16FN3O4S. The highest BCUT2D eigenvalue weighted by molar-refractivity contribution is 7.87. The lowest BCUT2D eigenvalue weighted by molar-refractivity contribution is -0.127. The Hall–Kier alpha value is -2.16. The Morgan fingerprint density at radius 3 is 2.29 bits per heavy atom. The zero-order chi connectivity index (χ0) is 16.0. The topological polar surface area (TPSA) is 118 Å². The number of nitrogens with one attached hydrogen (secondary N) is 2. The summed E-state index contributed by atoms with van der Waals surface area (Å²) in [5.41, 5.74) is 5.89. The van der Waals surface area contributed by atoms with E-state index in [9.17, 15) is 21.9 Å². The molecule has 4 N–H and O–H groups in total. The predicted molar refractivity (Wildman–Crippen MR) is 75.2 cm³/mol. The maximum Gasteiger partial charge on any atom is 0.396 e. The Morgan fingerprint density at radius 2 is 1.86 bits per heavy atom. The zero-order valence-corrected chi connectivity index (χ0v) is 12.1. The van der Waals surface area contributed by atoms with Gasteiger partial charge in [0.05, 0.1) is 5.69 Å². The van der Waals surface area contributed by atoms with Crippen LogP contribution in [0.4, 0.5) is 9.57 Å². The quantitative estimate of drug-likeness (QED) is 0.624. The maximum absolute atomic E-state index is 12.4. The number of carbonyl (C=O) groups excluding carboxylic acids is 2. The van der Waals surface area contributed by atoms with Crippen molar-refractivity contribution in [3.63, 3.8) is 0 Å². The van der Waals surface area contributed by atoms with Crippen LogP contribution >= 0.6 is 0 Å². The number of halogens is 1. The molecule has 0 aliphatic carbocycles. The standard InChI is InChI=1S/C12H16FN3O4S/c1-2-11(17)15-10(12(14)18)7-8-3-5-9(6-4-8)16-21(13,19)20/h3-6,10,16H,2,7H2,1H3,(H2,14,18)(H,15,17)/t10-/m0/s1. The van der Waals surface area contributed by atoms with Crippen molar-refractivity contribution in [3.05, 3.63) is 29.8 Å². The van der Waals surface area contributed by atoms with E-state index >= 15 is 0 Å². The van der Waals surface area contributed by atoms with Gasteiger partial charge in [-0.2, -0.15) is 8.42 Å². The molecule has 0 fully saturated rings. The molecule has 0 radical (unpaired) electrons. The van der Waals surface area contributed by atoms with Gasteiger partial charge in [0.15, 0.2) is 0 Å². The second-order valence-electron chi connectivity index (χ2n) is 4.32. The molecule has 9 heteroatoms. The van der Waals surface area contributed by atoms with Gasteiger partial charge >= 0.3 is 10.4 Å². The lowest BCUT2D eigenvalue weighted by Gasteiger charge is -2.15. The van der Waals surface area contributed by atoms with Gasteiger partial charge in [-0.05, 0) is 17.7 Å². The van der Waals surface area contributed by atoms with E-state index in [1.54, 1.807) is 11.6 Å². The highest BCUT2D eigenvalue weighted by Gasteiger charge is 2.17. The predicted octanol–water partition coefficient (Wildman–Crippen LogP) is 0.235. The average molecular weight is 317 g/mol. The third kappa shape index (κ3) is 6.21. The number of hydrogen-bond acceptors (Lipinski definition) is 4.